The first kappa shape index (κ1) is 21.5. The zero-order valence-electron chi connectivity index (χ0n) is 16.1. The van der Waals surface area contributed by atoms with E-state index in [4.69, 9.17) is 9.47 Å². The summed E-state index contributed by atoms with van der Waals surface area (Å²) in [5.74, 6) is 0.0582. The van der Waals surface area contributed by atoms with Crippen molar-refractivity contribution in [2.45, 2.75) is 50.5 Å². The minimum Gasteiger partial charge on any atom is -0.493 e. The Hall–Kier alpha value is -1.83. The summed E-state index contributed by atoms with van der Waals surface area (Å²) < 4.78 is 47.4. The molecule has 152 valence electrons. The highest BCUT2D eigenvalue weighted by atomic mass is 32.2. The Morgan fingerprint density at radius 3 is 2.52 bits per heavy atom. The van der Waals surface area contributed by atoms with E-state index in [1.54, 1.807) is 4.90 Å². The van der Waals surface area contributed by atoms with Crippen LogP contribution in [0.4, 0.5) is 9.18 Å². The van der Waals surface area contributed by atoms with Gasteiger partial charge in [0.05, 0.1) is 12.7 Å². The molecule has 0 saturated carbocycles. The first-order valence-corrected chi connectivity index (χ1v) is 11.1. The summed E-state index contributed by atoms with van der Waals surface area (Å²) in [6.45, 7) is 5.52. The number of sulfone groups is 1. The summed E-state index contributed by atoms with van der Waals surface area (Å²) in [7, 11) is -3.57. The van der Waals surface area contributed by atoms with E-state index in [2.05, 4.69) is 0 Å². The van der Waals surface area contributed by atoms with E-state index in [-0.39, 0.29) is 17.1 Å². The van der Waals surface area contributed by atoms with Crippen LogP contribution in [0.2, 0.25) is 0 Å². The molecule has 1 fully saturated rings. The molecule has 1 aromatic carbocycles. The third-order valence-corrected chi connectivity index (χ3v) is 5.67. The molecule has 1 aliphatic rings. The Morgan fingerprint density at radius 2 is 1.96 bits per heavy atom. The lowest BCUT2D eigenvalue weighted by Gasteiger charge is -2.31. The second kappa shape index (κ2) is 9.39. The van der Waals surface area contributed by atoms with Crippen LogP contribution in [-0.4, -0.2) is 51.5 Å². The minimum absolute atomic E-state index is 0.108. The summed E-state index contributed by atoms with van der Waals surface area (Å²) in [6.07, 6.45) is 4.28. The molecule has 27 heavy (non-hydrogen) atoms. The van der Waals surface area contributed by atoms with Gasteiger partial charge in [-0.2, -0.15) is 0 Å². The van der Waals surface area contributed by atoms with Crippen LogP contribution in [0.1, 0.15) is 39.5 Å². The molecule has 0 unspecified atom stereocenters. The smallest absolute Gasteiger partial charge is 0.410 e. The number of nitrogens with zero attached hydrogens (tertiary/aromatic N) is 1. The number of benzene rings is 1. The summed E-state index contributed by atoms with van der Waals surface area (Å²) in [5.41, 5.74) is 0. The monoisotopic (exact) mass is 401 g/mol. The Labute approximate surface area is 160 Å². The first-order valence-electron chi connectivity index (χ1n) is 9.24. The maximum absolute atomic E-state index is 13.8. The van der Waals surface area contributed by atoms with Gasteiger partial charge in [-0.15, -0.1) is 0 Å². The summed E-state index contributed by atoms with van der Waals surface area (Å²) >= 11 is 0. The van der Waals surface area contributed by atoms with Crippen LogP contribution in [0.3, 0.4) is 0 Å². The fraction of sp³-hybridized carbons (Fsp3) is 0.632. The van der Waals surface area contributed by atoms with E-state index in [0.717, 1.165) is 38.0 Å². The van der Waals surface area contributed by atoms with Crippen LogP contribution in [-0.2, 0) is 14.6 Å². The average Bonchev–Trinajstić information content (AvgIpc) is 2.57. The molecule has 1 aliphatic heterocycles. The van der Waals surface area contributed by atoms with E-state index in [0.29, 0.717) is 31.4 Å². The maximum atomic E-state index is 13.8. The van der Waals surface area contributed by atoms with Crippen molar-refractivity contribution in [3.63, 3.8) is 0 Å². The van der Waals surface area contributed by atoms with Crippen LogP contribution in [0.25, 0.3) is 0 Å². The van der Waals surface area contributed by atoms with Gasteiger partial charge in [0.1, 0.15) is 16.5 Å². The Kier molecular flexibility index (Phi) is 7.47. The molecule has 0 aliphatic carbocycles. The average molecular weight is 402 g/mol. The number of carbonyl (C=O) groups is 1. The van der Waals surface area contributed by atoms with E-state index in [1.807, 2.05) is 13.8 Å². The van der Waals surface area contributed by atoms with Gasteiger partial charge in [0.2, 0.25) is 0 Å². The van der Waals surface area contributed by atoms with Gasteiger partial charge in [0, 0.05) is 25.4 Å². The van der Waals surface area contributed by atoms with Crippen molar-refractivity contribution in [1.29, 1.82) is 0 Å². The molecule has 0 N–H and O–H groups in total. The number of rotatable bonds is 7. The van der Waals surface area contributed by atoms with Crippen LogP contribution in [0.5, 0.6) is 5.75 Å². The van der Waals surface area contributed by atoms with Gasteiger partial charge in [-0.25, -0.2) is 17.6 Å². The maximum Gasteiger partial charge on any atom is 0.410 e. The van der Waals surface area contributed by atoms with Crippen molar-refractivity contribution in [2.75, 3.05) is 26.0 Å². The van der Waals surface area contributed by atoms with Crippen molar-refractivity contribution in [3.8, 4) is 5.75 Å². The first-order chi connectivity index (χ1) is 12.7. The third kappa shape index (κ3) is 6.68. The van der Waals surface area contributed by atoms with Gasteiger partial charge < -0.3 is 14.4 Å². The molecule has 6 nitrogen and oxygen atoms in total. The van der Waals surface area contributed by atoms with Gasteiger partial charge in [-0.3, -0.25) is 0 Å². The van der Waals surface area contributed by atoms with Crippen LogP contribution < -0.4 is 4.74 Å². The van der Waals surface area contributed by atoms with Crippen LogP contribution >= 0.6 is 0 Å². The number of amides is 1. The van der Waals surface area contributed by atoms with Crippen molar-refractivity contribution >= 4 is 15.9 Å². The molecule has 0 aromatic heterocycles. The van der Waals surface area contributed by atoms with Crippen molar-refractivity contribution in [2.24, 2.45) is 5.92 Å². The van der Waals surface area contributed by atoms with Crippen LogP contribution in [0, 0.1) is 11.7 Å². The minimum atomic E-state index is -3.57. The van der Waals surface area contributed by atoms with E-state index < -0.39 is 15.7 Å². The lowest BCUT2D eigenvalue weighted by molar-refractivity contribution is 0.0643. The zero-order chi connectivity index (χ0) is 20.0. The lowest BCUT2D eigenvalue weighted by Crippen LogP contribution is -2.39. The summed E-state index contributed by atoms with van der Waals surface area (Å²) in [6, 6.07) is 3.81. The highest BCUT2D eigenvalue weighted by molar-refractivity contribution is 7.90. The second-order valence-electron chi connectivity index (χ2n) is 7.22. The number of ether oxygens (including phenoxy) is 2. The summed E-state index contributed by atoms with van der Waals surface area (Å²) in [5, 5.41) is 0. The van der Waals surface area contributed by atoms with E-state index in [1.165, 1.54) is 12.1 Å². The Balaban J connectivity index is 1.69. The number of likely N-dealkylation sites (tertiary alicyclic amines) is 1. The van der Waals surface area contributed by atoms with Gasteiger partial charge in [-0.1, -0.05) is 0 Å². The van der Waals surface area contributed by atoms with Crippen molar-refractivity contribution in [3.05, 3.63) is 24.0 Å². The molecule has 0 radical (unpaired) electrons. The molecule has 1 saturated heterocycles. The Morgan fingerprint density at radius 1 is 1.30 bits per heavy atom. The number of halogens is 1. The molecule has 1 aromatic rings. The number of hydrogen-bond acceptors (Lipinski definition) is 5. The molecule has 0 atom stereocenters. The number of carbonyl (C=O) groups excluding carboxylic acids is 1. The van der Waals surface area contributed by atoms with E-state index in [9.17, 15) is 17.6 Å². The van der Waals surface area contributed by atoms with Crippen LogP contribution in [0.15, 0.2) is 23.1 Å². The highest BCUT2D eigenvalue weighted by Crippen LogP contribution is 2.24. The van der Waals surface area contributed by atoms with Gasteiger partial charge >= 0.3 is 6.09 Å². The molecule has 1 amide bonds. The molecular formula is C19H28FNO5S. The predicted octanol–water partition coefficient (Wildman–Crippen LogP) is 3.65. The van der Waals surface area contributed by atoms with Crippen molar-refractivity contribution in [1.82, 2.24) is 4.90 Å². The molecule has 1 heterocycles. The molecule has 0 bridgehead atoms. The SMILES string of the molecule is CC(C)OC(=O)N1CCC(CCCOc2ccc(S(C)(=O)=O)c(F)c2)CC1. The molecular weight excluding hydrogens is 373 g/mol. The second-order valence-corrected chi connectivity index (χ2v) is 9.20. The Bertz CT molecular complexity index is 742. The predicted molar refractivity (Wildman–Crippen MR) is 100 cm³/mol. The fourth-order valence-electron chi connectivity index (χ4n) is 3.11. The topological polar surface area (TPSA) is 72.9 Å². The largest absolute Gasteiger partial charge is 0.493 e. The normalized spacial score (nSPS) is 15.8. The molecule has 2 rings (SSSR count). The standard InChI is InChI=1S/C19H28FNO5S/c1-14(2)26-19(22)21-10-8-15(9-11-21)5-4-12-25-16-6-7-18(17(20)13-16)27(3,23)24/h6-7,13-15H,4-5,8-12H2,1-3H3. The van der Waals surface area contributed by atoms with Gasteiger partial charge in [0.15, 0.2) is 9.84 Å². The van der Waals surface area contributed by atoms with Gasteiger partial charge in [-0.05, 0) is 57.6 Å². The van der Waals surface area contributed by atoms with Crippen molar-refractivity contribution < 1.29 is 27.1 Å². The van der Waals surface area contributed by atoms with Gasteiger partial charge in [0.25, 0.3) is 0 Å². The fourth-order valence-corrected chi connectivity index (χ4v) is 3.84. The number of hydrogen-bond donors (Lipinski definition) is 0. The highest BCUT2D eigenvalue weighted by Gasteiger charge is 2.24. The molecule has 0 spiro atoms. The zero-order valence-corrected chi connectivity index (χ0v) is 16.9. The van der Waals surface area contributed by atoms with E-state index >= 15 is 0 Å². The molecule has 8 heteroatoms. The number of piperidine rings is 1. The third-order valence-electron chi connectivity index (χ3n) is 4.54. The lowest BCUT2D eigenvalue weighted by atomic mass is 9.92. The quantitative estimate of drug-likeness (QED) is 0.652. The summed E-state index contributed by atoms with van der Waals surface area (Å²) in [4.78, 5) is 13.3.